The van der Waals surface area contributed by atoms with Crippen molar-refractivity contribution < 1.29 is 27.9 Å². The SMILES string of the molecule is Cc1ccc(C(=O)/N=c2\scc(-c3ccccc3)n2Cc2ccc(C(F)(F)P(=O)(O)O)c(Br)c2)cc1C. The Labute approximate surface area is 224 Å². The molecule has 0 aliphatic carbocycles. The van der Waals surface area contributed by atoms with Crippen LogP contribution in [0.25, 0.3) is 11.3 Å². The minimum absolute atomic E-state index is 0.139. The van der Waals surface area contributed by atoms with Crippen LogP contribution >= 0.6 is 34.9 Å². The first-order valence-electron chi connectivity index (χ1n) is 11.0. The van der Waals surface area contributed by atoms with E-state index in [0.29, 0.717) is 15.9 Å². The molecule has 0 saturated carbocycles. The number of nitrogens with zero attached hydrogens (tertiary/aromatic N) is 2. The highest BCUT2D eigenvalue weighted by atomic mass is 79.9. The van der Waals surface area contributed by atoms with Gasteiger partial charge in [0.25, 0.3) is 5.91 Å². The number of carbonyl (C=O) groups excluding carboxylic acids is 1. The van der Waals surface area contributed by atoms with Crippen molar-refractivity contribution in [3.05, 3.63) is 109 Å². The van der Waals surface area contributed by atoms with Gasteiger partial charge in [0.15, 0.2) is 4.80 Å². The summed E-state index contributed by atoms with van der Waals surface area (Å²) in [5, 5.41) is 1.87. The lowest BCUT2D eigenvalue weighted by atomic mass is 10.1. The summed E-state index contributed by atoms with van der Waals surface area (Å²) in [6.45, 7) is 4.05. The van der Waals surface area contributed by atoms with Gasteiger partial charge in [-0.2, -0.15) is 13.8 Å². The van der Waals surface area contributed by atoms with E-state index in [9.17, 15) is 18.1 Å². The van der Waals surface area contributed by atoms with Gasteiger partial charge in [0.1, 0.15) is 0 Å². The highest BCUT2D eigenvalue weighted by Gasteiger charge is 2.51. The molecular weight excluding hydrogens is 585 g/mol. The Morgan fingerprint density at radius 2 is 1.76 bits per heavy atom. The number of hydrogen-bond acceptors (Lipinski definition) is 3. The first-order valence-corrected chi connectivity index (χ1v) is 14.3. The highest BCUT2D eigenvalue weighted by molar-refractivity contribution is 9.10. The van der Waals surface area contributed by atoms with E-state index >= 15 is 0 Å². The van der Waals surface area contributed by atoms with Gasteiger partial charge in [0.05, 0.1) is 12.2 Å². The first-order chi connectivity index (χ1) is 17.4. The molecule has 0 unspecified atom stereocenters. The van der Waals surface area contributed by atoms with E-state index in [4.69, 9.17) is 9.79 Å². The molecule has 0 spiro atoms. The summed E-state index contributed by atoms with van der Waals surface area (Å²) in [6, 6.07) is 18.6. The third-order valence-corrected chi connectivity index (χ3v) is 8.37. The summed E-state index contributed by atoms with van der Waals surface area (Å²) in [4.78, 5) is 36.0. The molecule has 192 valence electrons. The Morgan fingerprint density at radius 3 is 2.38 bits per heavy atom. The predicted molar refractivity (Wildman–Crippen MR) is 143 cm³/mol. The van der Waals surface area contributed by atoms with E-state index in [0.717, 1.165) is 28.5 Å². The van der Waals surface area contributed by atoms with Gasteiger partial charge < -0.3 is 14.4 Å². The molecule has 2 N–H and O–H groups in total. The Morgan fingerprint density at radius 1 is 1.05 bits per heavy atom. The van der Waals surface area contributed by atoms with Crippen LogP contribution in [-0.2, 0) is 16.8 Å². The Kier molecular flexibility index (Phi) is 7.78. The fourth-order valence-corrected chi connectivity index (χ4v) is 5.92. The lowest BCUT2D eigenvalue weighted by Gasteiger charge is -2.20. The molecule has 4 aromatic rings. The van der Waals surface area contributed by atoms with Crippen LogP contribution in [-0.4, -0.2) is 20.3 Å². The second kappa shape index (κ2) is 10.6. The molecule has 1 aromatic heterocycles. The van der Waals surface area contributed by atoms with E-state index in [2.05, 4.69) is 20.9 Å². The maximum Gasteiger partial charge on any atom is 0.399 e. The predicted octanol–water partition coefficient (Wildman–Crippen LogP) is 6.61. The van der Waals surface area contributed by atoms with E-state index in [-0.39, 0.29) is 11.0 Å². The molecule has 0 saturated heterocycles. The van der Waals surface area contributed by atoms with Crippen LogP contribution in [0.3, 0.4) is 0 Å². The zero-order valence-corrected chi connectivity index (χ0v) is 23.0. The molecule has 3 aromatic carbocycles. The normalized spacial score (nSPS) is 12.7. The Balaban J connectivity index is 1.79. The van der Waals surface area contributed by atoms with Crippen molar-refractivity contribution in [2.45, 2.75) is 26.1 Å². The van der Waals surface area contributed by atoms with Gasteiger partial charge in [0, 0.05) is 21.0 Å². The standard InChI is InChI=1S/C26H22BrF2N2O4PS/c1-16-8-10-20(12-17(16)2)24(32)30-25-31(23(15-37-25)19-6-4-3-5-7-19)14-18-9-11-21(22(27)13-18)26(28,29)36(33,34)35/h3-13,15H,14H2,1-2H3,(H2,33,34,35)/b30-25-. The molecule has 0 radical (unpaired) electrons. The van der Waals surface area contributed by atoms with Crippen molar-refractivity contribution in [1.82, 2.24) is 4.57 Å². The number of benzene rings is 3. The number of rotatable bonds is 6. The second-order valence-electron chi connectivity index (χ2n) is 8.47. The zero-order chi connectivity index (χ0) is 27.0. The minimum Gasteiger partial charge on any atom is -0.320 e. The van der Waals surface area contributed by atoms with E-state index < -0.39 is 24.7 Å². The third kappa shape index (κ3) is 5.73. The molecule has 0 aliphatic rings. The molecule has 6 nitrogen and oxygen atoms in total. The molecule has 1 amide bonds. The van der Waals surface area contributed by atoms with Gasteiger partial charge >= 0.3 is 13.3 Å². The monoisotopic (exact) mass is 606 g/mol. The molecule has 0 aliphatic heterocycles. The quantitative estimate of drug-likeness (QED) is 0.242. The summed E-state index contributed by atoms with van der Waals surface area (Å²) >= 11 is 4.31. The molecule has 4 rings (SSSR count). The summed E-state index contributed by atoms with van der Waals surface area (Å²) in [7, 11) is -5.72. The number of alkyl halides is 2. The van der Waals surface area contributed by atoms with Gasteiger partial charge in [0.2, 0.25) is 0 Å². The Hall–Kier alpha value is -2.75. The number of amides is 1. The van der Waals surface area contributed by atoms with Crippen molar-refractivity contribution in [3.8, 4) is 11.3 Å². The second-order valence-corrected chi connectivity index (χ2v) is 11.8. The molecule has 0 fully saturated rings. The maximum absolute atomic E-state index is 14.3. The lowest BCUT2D eigenvalue weighted by Crippen LogP contribution is -2.19. The number of hydrogen-bond donors (Lipinski definition) is 2. The van der Waals surface area contributed by atoms with Gasteiger partial charge in [-0.05, 0) is 54.3 Å². The molecule has 37 heavy (non-hydrogen) atoms. The number of aryl methyl sites for hydroxylation is 2. The topological polar surface area (TPSA) is 91.9 Å². The molecule has 0 bridgehead atoms. The van der Waals surface area contributed by atoms with E-state index in [1.54, 1.807) is 12.1 Å². The van der Waals surface area contributed by atoms with Crippen molar-refractivity contribution in [1.29, 1.82) is 0 Å². The highest BCUT2D eigenvalue weighted by Crippen LogP contribution is 2.60. The molecule has 11 heteroatoms. The van der Waals surface area contributed by atoms with Crippen molar-refractivity contribution in [2.75, 3.05) is 0 Å². The molecular formula is C26H22BrF2N2O4PS. The average molecular weight is 607 g/mol. The van der Waals surface area contributed by atoms with E-state index in [1.165, 1.54) is 23.5 Å². The van der Waals surface area contributed by atoms with Gasteiger partial charge in [-0.3, -0.25) is 9.36 Å². The van der Waals surface area contributed by atoms with E-state index in [1.807, 2.05) is 60.2 Å². The summed E-state index contributed by atoms with van der Waals surface area (Å²) < 4.78 is 41.6. The lowest BCUT2D eigenvalue weighted by molar-refractivity contribution is 0.0557. The largest absolute Gasteiger partial charge is 0.399 e. The number of halogens is 3. The fourth-order valence-electron chi connectivity index (χ4n) is 3.68. The minimum atomic E-state index is -5.72. The zero-order valence-electron chi connectivity index (χ0n) is 19.7. The maximum atomic E-state index is 14.3. The third-order valence-electron chi connectivity index (χ3n) is 5.88. The van der Waals surface area contributed by atoms with Crippen LogP contribution in [0.4, 0.5) is 8.78 Å². The van der Waals surface area contributed by atoms with Crippen molar-refractivity contribution >= 4 is 40.8 Å². The van der Waals surface area contributed by atoms with Crippen LogP contribution in [0, 0.1) is 13.8 Å². The smallest absolute Gasteiger partial charge is 0.320 e. The first kappa shape index (κ1) is 27.3. The van der Waals surface area contributed by atoms with Crippen LogP contribution < -0.4 is 4.80 Å². The van der Waals surface area contributed by atoms with Crippen molar-refractivity contribution in [3.63, 3.8) is 0 Å². The van der Waals surface area contributed by atoms with Gasteiger partial charge in [-0.1, -0.05) is 64.5 Å². The molecule has 1 heterocycles. The Bertz CT molecular complexity index is 1600. The molecule has 0 atom stereocenters. The van der Waals surface area contributed by atoms with Crippen molar-refractivity contribution in [2.24, 2.45) is 4.99 Å². The van der Waals surface area contributed by atoms with Crippen LogP contribution in [0.15, 0.2) is 81.6 Å². The van der Waals surface area contributed by atoms with Gasteiger partial charge in [-0.15, -0.1) is 11.3 Å². The van der Waals surface area contributed by atoms with Crippen LogP contribution in [0.5, 0.6) is 0 Å². The summed E-state index contributed by atoms with van der Waals surface area (Å²) in [5.41, 5.74) is -0.439. The number of carbonyl (C=O) groups is 1. The number of aromatic nitrogens is 1. The van der Waals surface area contributed by atoms with Crippen LogP contribution in [0.2, 0.25) is 0 Å². The summed E-state index contributed by atoms with van der Waals surface area (Å²) in [5.74, 6) is -0.406. The van der Waals surface area contributed by atoms with Crippen LogP contribution in [0.1, 0.15) is 32.6 Å². The average Bonchev–Trinajstić information content (AvgIpc) is 3.22. The number of thiazole rings is 1. The fraction of sp³-hybridized carbons (Fsp3) is 0.154. The summed E-state index contributed by atoms with van der Waals surface area (Å²) in [6.07, 6.45) is 0. The van der Waals surface area contributed by atoms with Gasteiger partial charge in [-0.25, -0.2) is 0 Å².